The number of benzene rings is 1. The van der Waals surface area contributed by atoms with Crippen LogP contribution in [0.15, 0.2) is 35.6 Å². The molecule has 0 bridgehead atoms. The van der Waals surface area contributed by atoms with Crippen LogP contribution in [0.3, 0.4) is 0 Å². The van der Waals surface area contributed by atoms with Crippen molar-refractivity contribution in [2.45, 2.75) is 52.6 Å². The van der Waals surface area contributed by atoms with E-state index in [0.717, 1.165) is 29.3 Å². The van der Waals surface area contributed by atoms with Gasteiger partial charge in [0.15, 0.2) is 11.8 Å². The topological polar surface area (TPSA) is 92.0 Å². The molecule has 6 nitrogen and oxygen atoms in total. The molecule has 0 saturated heterocycles. The molecule has 24 heavy (non-hydrogen) atoms. The zero-order chi connectivity index (χ0) is 17.4. The van der Waals surface area contributed by atoms with Crippen molar-refractivity contribution in [1.82, 2.24) is 20.5 Å². The smallest absolute Gasteiger partial charge is 0.189 e. The molecule has 0 aliphatic carbocycles. The van der Waals surface area contributed by atoms with Crippen molar-refractivity contribution in [3.8, 4) is 11.4 Å². The van der Waals surface area contributed by atoms with Crippen LogP contribution in [0.1, 0.15) is 45.6 Å². The van der Waals surface area contributed by atoms with Crippen LogP contribution < -0.4 is 11.1 Å². The van der Waals surface area contributed by atoms with Gasteiger partial charge in [-0.1, -0.05) is 44.9 Å². The highest BCUT2D eigenvalue weighted by Gasteiger charge is 2.05. The minimum absolute atomic E-state index is 0.341. The molecule has 2 aromatic rings. The maximum Gasteiger partial charge on any atom is 0.189 e. The third-order valence-electron chi connectivity index (χ3n) is 3.86. The third kappa shape index (κ3) is 6.02. The van der Waals surface area contributed by atoms with Gasteiger partial charge in [-0.25, -0.2) is 9.98 Å². The van der Waals surface area contributed by atoms with Crippen LogP contribution in [-0.4, -0.2) is 27.2 Å². The van der Waals surface area contributed by atoms with Crippen LogP contribution in [0.25, 0.3) is 11.4 Å². The molecule has 1 atom stereocenters. The van der Waals surface area contributed by atoms with Gasteiger partial charge >= 0.3 is 0 Å². The van der Waals surface area contributed by atoms with E-state index in [1.54, 1.807) is 0 Å². The molecule has 1 heterocycles. The number of guanidine groups is 1. The Morgan fingerprint density at radius 1 is 1.29 bits per heavy atom. The summed E-state index contributed by atoms with van der Waals surface area (Å²) in [6.07, 6.45) is 5.06. The van der Waals surface area contributed by atoms with Crippen molar-refractivity contribution in [3.63, 3.8) is 0 Å². The second-order valence-electron chi connectivity index (χ2n) is 6.61. The summed E-state index contributed by atoms with van der Waals surface area (Å²) in [7, 11) is 0. The predicted molar refractivity (Wildman–Crippen MR) is 98.4 cm³/mol. The predicted octanol–water partition coefficient (Wildman–Crippen LogP) is 3.09. The molecule has 0 aliphatic rings. The molecular weight excluding hydrogens is 300 g/mol. The van der Waals surface area contributed by atoms with Gasteiger partial charge in [0, 0.05) is 11.6 Å². The van der Waals surface area contributed by atoms with E-state index >= 15 is 0 Å². The lowest BCUT2D eigenvalue weighted by Crippen LogP contribution is -2.38. The maximum atomic E-state index is 6.00. The molecule has 1 aromatic heterocycles. The number of aliphatic imine (C=N–C) groups is 1. The Morgan fingerprint density at radius 3 is 2.83 bits per heavy atom. The van der Waals surface area contributed by atoms with Gasteiger partial charge in [0.2, 0.25) is 0 Å². The molecule has 0 amide bonds. The van der Waals surface area contributed by atoms with E-state index < -0.39 is 0 Å². The van der Waals surface area contributed by atoms with E-state index in [2.05, 4.69) is 46.3 Å². The average Bonchev–Trinajstić information content (AvgIpc) is 3.07. The molecule has 0 radical (unpaired) electrons. The van der Waals surface area contributed by atoms with Crippen LogP contribution in [0.5, 0.6) is 0 Å². The second kappa shape index (κ2) is 9.05. The molecule has 4 N–H and O–H groups in total. The van der Waals surface area contributed by atoms with Crippen molar-refractivity contribution in [2.24, 2.45) is 16.6 Å². The van der Waals surface area contributed by atoms with Gasteiger partial charge < -0.3 is 11.1 Å². The maximum absolute atomic E-state index is 6.00. The number of nitrogens with two attached hydrogens (primary N) is 1. The fourth-order valence-electron chi connectivity index (χ4n) is 2.54. The van der Waals surface area contributed by atoms with Crippen LogP contribution in [0, 0.1) is 5.92 Å². The molecule has 0 aliphatic heterocycles. The van der Waals surface area contributed by atoms with Gasteiger partial charge in [-0.05, 0) is 30.9 Å². The molecule has 2 rings (SSSR count). The van der Waals surface area contributed by atoms with Gasteiger partial charge in [-0.15, -0.1) is 0 Å². The normalized spacial score (nSPS) is 13.2. The third-order valence-corrected chi connectivity index (χ3v) is 3.86. The van der Waals surface area contributed by atoms with Crippen LogP contribution in [-0.2, 0) is 6.54 Å². The Bertz CT molecular complexity index is 633. The largest absolute Gasteiger partial charge is 0.370 e. The Hall–Kier alpha value is -2.37. The van der Waals surface area contributed by atoms with Crippen LogP contribution in [0.2, 0.25) is 0 Å². The lowest BCUT2D eigenvalue weighted by molar-refractivity contribution is 0.493. The summed E-state index contributed by atoms with van der Waals surface area (Å²) in [6, 6.07) is 8.40. The summed E-state index contributed by atoms with van der Waals surface area (Å²) in [5, 5.41) is 10.0. The molecule has 6 heteroatoms. The van der Waals surface area contributed by atoms with Gasteiger partial charge in [-0.3, -0.25) is 5.10 Å². The van der Waals surface area contributed by atoms with Gasteiger partial charge in [0.1, 0.15) is 6.33 Å². The average molecular weight is 328 g/mol. The first kappa shape index (κ1) is 18.0. The summed E-state index contributed by atoms with van der Waals surface area (Å²) in [6.45, 7) is 7.19. The van der Waals surface area contributed by atoms with Gasteiger partial charge in [0.25, 0.3) is 0 Å². The highest BCUT2D eigenvalue weighted by molar-refractivity contribution is 5.78. The monoisotopic (exact) mass is 328 g/mol. The van der Waals surface area contributed by atoms with E-state index in [9.17, 15) is 0 Å². The van der Waals surface area contributed by atoms with Crippen molar-refractivity contribution in [1.29, 1.82) is 0 Å². The van der Waals surface area contributed by atoms with Gasteiger partial charge in [-0.2, -0.15) is 5.10 Å². The van der Waals surface area contributed by atoms with E-state index in [4.69, 9.17) is 5.73 Å². The number of nitrogens with zero attached hydrogens (tertiary/aromatic N) is 3. The number of nitrogens with one attached hydrogen (secondary N) is 2. The Kier molecular flexibility index (Phi) is 6.78. The highest BCUT2D eigenvalue weighted by atomic mass is 15.2. The first-order valence-electron chi connectivity index (χ1n) is 8.55. The van der Waals surface area contributed by atoms with Crippen LogP contribution in [0.4, 0.5) is 0 Å². The zero-order valence-corrected chi connectivity index (χ0v) is 14.8. The molecule has 0 fully saturated rings. The minimum atomic E-state index is 0.341. The highest BCUT2D eigenvalue weighted by Crippen LogP contribution is 2.16. The summed E-state index contributed by atoms with van der Waals surface area (Å²) in [4.78, 5) is 8.60. The number of rotatable bonds is 8. The summed E-state index contributed by atoms with van der Waals surface area (Å²) in [5.41, 5.74) is 8.08. The zero-order valence-electron chi connectivity index (χ0n) is 14.8. The molecule has 1 unspecified atom stereocenters. The molecule has 1 aromatic carbocycles. The molecule has 130 valence electrons. The molecular formula is C18H28N6. The van der Waals surface area contributed by atoms with Crippen molar-refractivity contribution < 1.29 is 0 Å². The standard InChI is InChI=1S/C18H28N6/c1-13(2)6-4-7-14(3)23-18(19)20-11-15-8-5-9-16(10-15)17-21-12-22-24-17/h5,8-10,12-14H,4,6-7,11H2,1-3H3,(H3,19,20,23)(H,21,22,24). The fourth-order valence-corrected chi connectivity index (χ4v) is 2.54. The van der Waals surface area contributed by atoms with Crippen molar-refractivity contribution >= 4 is 5.96 Å². The van der Waals surface area contributed by atoms with E-state index in [1.807, 2.05) is 24.3 Å². The number of hydrogen-bond acceptors (Lipinski definition) is 3. The number of hydrogen-bond donors (Lipinski definition) is 3. The van der Waals surface area contributed by atoms with Crippen LogP contribution >= 0.6 is 0 Å². The Labute approximate surface area is 144 Å². The van der Waals surface area contributed by atoms with E-state index in [-0.39, 0.29) is 0 Å². The second-order valence-corrected chi connectivity index (χ2v) is 6.61. The Morgan fingerprint density at radius 2 is 2.12 bits per heavy atom. The summed E-state index contributed by atoms with van der Waals surface area (Å²) in [5.74, 6) is 2.00. The first-order chi connectivity index (χ1) is 11.5. The SMILES string of the molecule is CC(C)CCCC(C)NC(N)=NCc1cccc(-c2ncn[nH]2)c1. The van der Waals surface area contributed by atoms with E-state index in [1.165, 1.54) is 19.2 Å². The fraction of sp³-hybridized carbons (Fsp3) is 0.500. The number of aromatic nitrogens is 3. The van der Waals surface area contributed by atoms with Gasteiger partial charge in [0.05, 0.1) is 6.54 Å². The molecule has 0 spiro atoms. The quantitative estimate of drug-likeness (QED) is 0.513. The first-order valence-corrected chi connectivity index (χ1v) is 8.55. The summed E-state index contributed by atoms with van der Waals surface area (Å²) >= 11 is 0. The minimum Gasteiger partial charge on any atom is -0.370 e. The lowest BCUT2D eigenvalue weighted by Gasteiger charge is -2.15. The lowest BCUT2D eigenvalue weighted by atomic mass is 10.0. The van der Waals surface area contributed by atoms with E-state index in [0.29, 0.717) is 18.5 Å². The van der Waals surface area contributed by atoms with Crippen molar-refractivity contribution in [2.75, 3.05) is 0 Å². The number of H-pyrrole nitrogens is 1. The van der Waals surface area contributed by atoms with Crippen molar-refractivity contribution in [3.05, 3.63) is 36.2 Å². The number of aromatic amines is 1. The Balaban J connectivity index is 1.85. The molecule has 0 saturated carbocycles. The summed E-state index contributed by atoms with van der Waals surface area (Å²) < 4.78 is 0.